The summed E-state index contributed by atoms with van der Waals surface area (Å²) in [6, 6.07) is 5.36. The minimum atomic E-state index is 0. The zero-order chi connectivity index (χ0) is 18.1. The number of hydrogen-bond acceptors (Lipinski definition) is 5. The van der Waals surface area contributed by atoms with E-state index in [1.54, 1.807) is 24.5 Å². The first-order chi connectivity index (χ1) is 12.1. The fourth-order valence-corrected chi connectivity index (χ4v) is 2.99. The molecule has 0 spiro atoms. The van der Waals surface area contributed by atoms with E-state index in [4.69, 9.17) is 4.74 Å². The number of benzene rings is 1. The zero-order valence-electron chi connectivity index (χ0n) is 15.4. The number of guanidine groups is 1. The van der Waals surface area contributed by atoms with Crippen LogP contribution in [0.3, 0.4) is 0 Å². The van der Waals surface area contributed by atoms with Crippen LogP contribution < -0.4 is 15.4 Å². The van der Waals surface area contributed by atoms with Gasteiger partial charge in [0.05, 0.1) is 17.8 Å². The Kier molecular flexibility index (Phi) is 10.3. The van der Waals surface area contributed by atoms with Gasteiger partial charge in [0.2, 0.25) is 0 Å². The summed E-state index contributed by atoms with van der Waals surface area (Å²) in [7, 11) is 1.59. The minimum absolute atomic E-state index is 0. The third-order valence-electron chi connectivity index (χ3n) is 3.63. The van der Waals surface area contributed by atoms with Gasteiger partial charge in [0.1, 0.15) is 11.5 Å². The van der Waals surface area contributed by atoms with Crippen molar-refractivity contribution in [2.75, 3.05) is 26.7 Å². The van der Waals surface area contributed by atoms with E-state index in [1.807, 2.05) is 26.0 Å². The summed E-state index contributed by atoms with van der Waals surface area (Å²) in [5.74, 6) is 1.69. The van der Waals surface area contributed by atoms with E-state index in [9.17, 15) is 5.11 Å². The number of rotatable bonds is 8. The van der Waals surface area contributed by atoms with Gasteiger partial charge in [-0.1, -0.05) is 6.07 Å². The number of halogens is 1. The molecule has 1 aromatic heterocycles. The Morgan fingerprint density at radius 3 is 2.73 bits per heavy atom. The number of thiazole rings is 1. The van der Waals surface area contributed by atoms with Crippen molar-refractivity contribution >= 4 is 41.3 Å². The molecular formula is C18H27IN4O2S. The van der Waals surface area contributed by atoms with Crippen LogP contribution >= 0.6 is 35.3 Å². The molecule has 2 rings (SSSR count). The van der Waals surface area contributed by atoms with Gasteiger partial charge in [0.25, 0.3) is 0 Å². The number of phenols is 1. The summed E-state index contributed by atoms with van der Waals surface area (Å²) < 4.78 is 5.10. The van der Waals surface area contributed by atoms with Crippen molar-refractivity contribution in [2.45, 2.75) is 26.7 Å². The molecule has 1 aromatic carbocycles. The molecule has 0 atom stereocenters. The lowest BCUT2D eigenvalue weighted by Crippen LogP contribution is -2.38. The number of methoxy groups -OCH3 is 1. The number of ether oxygens (including phenoxy) is 1. The first kappa shape index (κ1) is 22.5. The molecule has 0 saturated carbocycles. The van der Waals surface area contributed by atoms with Gasteiger partial charge in [-0.3, -0.25) is 4.99 Å². The molecule has 1 heterocycles. The molecule has 0 unspecified atom stereocenters. The van der Waals surface area contributed by atoms with Gasteiger partial charge in [-0.15, -0.1) is 35.3 Å². The lowest BCUT2D eigenvalue weighted by Gasteiger charge is -2.12. The van der Waals surface area contributed by atoms with Crippen molar-refractivity contribution < 1.29 is 9.84 Å². The number of aromatic nitrogens is 1. The van der Waals surface area contributed by atoms with Gasteiger partial charge in [0, 0.05) is 37.5 Å². The Hall–Kier alpha value is -1.55. The Balaban J connectivity index is 0.00000338. The molecule has 8 heteroatoms. The number of hydrogen-bond donors (Lipinski definition) is 3. The lowest BCUT2D eigenvalue weighted by atomic mass is 10.1. The second kappa shape index (κ2) is 11.9. The average molecular weight is 490 g/mol. The topological polar surface area (TPSA) is 78.8 Å². The van der Waals surface area contributed by atoms with Crippen molar-refractivity contribution in [2.24, 2.45) is 4.99 Å². The molecule has 2 aromatic rings. The Morgan fingerprint density at radius 1 is 1.31 bits per heavy atom. The predicted octanol–water partition coefficient (Wildman–Crippen LogP) is 3.12. The molecule has 0 bridgehead atoms. The van der Waals surface area contributed by atoms with Crippen molar-refractivity contribution in [3.05, 3.63) is 39.8 Å². The molecule has 0 radical (unpaired) electrons. The molecule has 26 heavy (non-hydrogen) atoms. The molecule has 0 aliphatic rings. The first-order valence-corrected chi connectivity index (χ1v) is 9.29. The van der Waals surface area contributed by atoms with Gasteiger partial charge < -0.3 is 20.5 Å². The van der Waals surface area contributed by atoms with Gasteiger partial charge in [-0.25, -0.2) is 4.98 Å². The standard InChI is InChI=1S/C18H26N4O2S.HI/c1-4-19-18(21-10-8-15-12-25-13(2)22-15)20-9-7-14-5-6-16(24-3)11-17(14)23;/h5-6,11-12,23H,4,7-10H2,1-3H3,(H2,19,20,21);1H. The average Bonchev–Trinajstić information content (AvgIpc) is 3.01. The number of aryl methyl sites for hydroxylation is 1. The van der Waals surface area contributed by atoms with Crippen LogP contribution in [-0.4, -0.2) is 42.8 Å². The highest BCUT2D eigenvalue weighted by atomic mass is 127. The number of phenolic OH excluding ortho intramolecular Hbond substituents is 1. The second-order valence-corrected chi connectivity index (χ2v) is 6.60. The number of aliphatic imine (C=N–C) groups is 1. The van der Waals surface area contributed by atoms with Crippen molar-refractivity contribution in [3.8, 4) is 11.5 Å². The highest BCUT2D eigenvalue weighted by Gasteiger charge is 2.04. The zero-order valence-corrected chi connectivity index (χ0v) is 18.6. The summed E-state index contributed by atoms with van der Waals surface area (Å²) >= 11 is 1.67. The maximum absolute atomic E-state index is 10.0. The summed E-state index contributed by atoms with van der Waals surface area (Å²) in [6.45, 7) is 6.22. The quantitative estimate of drug-likeness (QED) is 0.301. The van der Waals surface area contributed by atoms with E-state index in [0.717, 1.165) is 35.2 Å². The summed E-state index contributed by atoms with van der Waals surface area (Å²) in [5.41, 5.74) is 1.97. The van der Waals surface area contributed by atoms with Crippen molar-refractivity contribution in [1.82, 2.24) is 15.6 Å². The van der Waals surface area contributed by atoms with E-state index < -0.39 is 0 Å². The van der Waals surface area contributed by atoms with Crippen LogP contribution in [0.25, 0.3) is 0 Å². The summed E-state index contributed by atoms with van der Waals surface area (Å²) in [5, 5.41) is 19.7. The Bertz CT molecular complexity index is 706. The maximum Gasteiger partial charge on any atom is 0.191 e. The van der Waals surface area contributed by atoms with Gasteiger partial charge in [-0.05, 0) is 31.9 Å². The van der Waals surface area contributed by atoms with Gasteiger partial charge in [-0.2, -0.15) is 0 Å². The monoisotopic (exact) mass is 490 g/mol. The molecule has 3 N–H and O–H groups in total. The third kappa shape index (κ3) is 7.36. The molecule has 0 aliphatic heterocycles. The highest BCUT2D eigenvalue weighted by molar-refractivity contribution is 14.0. The number of aromatic hydroxyl groups is 1. The van der Waals surface area contributed by atoms with Crippen LogP contribution in [0, 0.1) is 6.92 Å². The second-order valence-electron chi connectivity index (χ2n) is 5.54. The van der Waals surface area contributed by atoms with Gasteiger partial charge in [0.15, 0.2) is 5.96 Å². The number of nitrogens with zero attached hydrogens (tertiary/aromatic N) is 2. The largest absolute Gasteiger partial charge is 0.508 e. The van der Waals surface area contributed by atoms with E-state index in [-0.39, 0.29) is 29.7 Å². The molecule has 0 fully saturated rings. The maximum atomic E-state index is 10.0. The fourth-order valence-electron chi connectivity index (χ4n) is 2.34. The Morgan fingerprint density at radius 2 is 2.12 bits per heavy atom. The van der Waals surface area contributed by atoms with E-state index in [0.29, 0.717) is 25.3 Å². The van der Waals surface area contributed by atoms with Crippen LogP contribution in [0.15, 0.2) is 28.6 Å². The fraction of sp³-hybridized carbons (Fsp3) is 0.444. The molecule has 0 amide bonds. The molecule has 0 aliphatic carbocycles. The normalized spacial score (nSPS) is 11.0. The van der Waals surface area contributed by atoms with Crippen LogP contribution in [0.5, 0.6) is 11.5 Å². The van der Waals surface area contributed by atoms with Crippen molar-refractivity contribution in [1.29, 1.82) is 0 Å². The summed E-state index contributed by atoms with van der Waals surface area (Å²) in [4.78, 5) is 9.03. The smallest absolute Gasteiger partial charge is 0.191 e. The lowest BCUT2D eigenvalue weighted by molar-refractivity contribution is 0.406. The van der Waals surface area contributed by atoms with Crippen LogP contribution in [-0.2, 0) is 12.8 Å². The summed E-state index contributed by atoms with van der Waals surface area (Å²) in [6.07, 6.45) is 1.53. The van der Waals surface area contributed by atoms with Gasteiger partial charge >= 0.3 is 0 Å². The molecular weight excluding hydrogens is 463 g/mol. The van der Waals surface area contributed by atoms with E-state index in [1.165, 1.54) is 0 Å². The molecule has 6 nitrogen and oxygen atoms in total. The molecule has 144 valence electrons. The van der Waals surface area contributed by atoms with E-state index >= 15 is 0 Å². The van der Waals surface area contributed by atoms with Crippen LogP contribution in [0.2, 0.25) is 0 Å². The molecule has 0 saturated heterocycles. The highest BCUT2D eigenvalue weighted by Crippen LogP contribution is 2.23. The van der Waals surface area contributed by atoms with Crippen LogP contribution in [0.4, 0.5) is 0 Å². The predicted molar refractivity (Wildman–Crippen MR) is 118 cm³/mol. The third-order valence-corrected chi connectivity index (χ3v) is 4.45. The van der Waals surface area contributed by atoms with E-state index in [2.05, 4.69) is 26.0 Å². The van der Waals surface area contributed by atoms with Crippen LogP contribution in [0.1, 0.15) is 23.2 Å². The van der Waals surface area contributed by atoms with Crippen molar-refractivity contribution in [3.63, 3.8) is 0 Å². The first-order valence-electron chi connectivity index (χ1n) is 8.41. The Labute approximate surface area is 176 Å². The minimum Gasteiger partial charge on any atom is -0.508 e. The number of nitrogens with one attached hydrogen (secondary N) is 2. The SMILES string of the molecule is CCNC(=NCCc1csc(C)n1)NCCc1ccc(OC)cc1O.I.